The van der Waals surface area contributed by atoms with Crippen molar-refractivity contribution >= 4 is 38.0 Å². The van der Waals surface area contributed by atoms with Crippen LogP contribution in [-0.4, -0.2) is 33.2 Å². The molecule has 2 atom stereocenters. The maximum absolute atomic E-state index is 5.49. The molecule has 5 rings (SSSR count). The summed E-state index contributed by atoms with van der Waals surface area (Å²) in [7, 11) is 2.39. The first-order valence-electron chi connectivity index (χ1n) is 13.9. The molecule has 0 N–H and O–H groups in total. The van der Waals surface area contributed by atoms with Crippen LogP contribution in [-0.2, 0) is 12.3 Å². The number of nitrogens with zero attached hydrogens (tertiary/aromatic N) is 2. The Hall–Kier alpha value is -2.80. The molecule has 0 aliphatic rings. The standard InChI is InChI=1S/C34H42N2O2P2/c1-33(2,3)39(35-19-17-25-21-29(37-7)13-15-31(25)35)23-27-11-9-10-12-28(27)24-40(34(4,5)6)36-20-18-26-22-30(38-8)14-16-32(26)36/h9-22H,23-24H2,1-8H3. The van der Waals surface area contributed by atoms with Gasteiger partial charge in [-0.3, -0.25) is 0 Å². The van der Waals surface area contributed by atoms with Crippen molar-refractivity contribution in [1.82, 2.24) is 8.68 Å². The maximum Gasteiger partial charge on any atom is 0.119 e. The zero-order valence-electron chi connectivity index (χ0n) is 25.1. The molecule has 210 valence electrons. The van der Waals surface area contributed by atoms with Crippen molar-refractivity contribution in [3.05, 3.63) is 96.3 Å². The quantitative estimate of drug-likeness (QED) is 0.173. The van der Waals surface area contributed by atoms with E-state index in [2.05, 4.69) is 135 Å². The number of methoxy groups -OCH3 is 2. The molecule has 0 fully saturated rings. The van der Waals surface area contributed by atoms with Crippen LogP contribution < -0.4 is 9.47 Å². The van der Waals surface area contributed by atoms with Crippen LogP contribution in [0.25, 0.3) is 21.8 Å². The minimum atomic E-state index is -0.536. The zero-order valence-corrected chi connectivity index (χ0v) is 26.9. The minimum absolute atomic E-state index is 0.138. The molecule has 3 aromatic carbocycles. The van der Waals surface area contributed by atoms with Gasteiger partial charge >= 0.3 is 0 Å². The second kappa shape index (κ2) is 11.2. The van der Waals surface area contributed by atoms with Gasteiger partial charge in [0.25, 0.3) is 0 Å². The van der Waals surface area contributed by atoms with Gasteiger partial charge in [-0.1, -0.05) is 65.8 Å². The highest BCUT2D eigenvalue weighted by atomic mass is 31.1. The van der Waals surface area contributed by atoms with Crippen molar-refractivity contribution in [3.63, 3.8) is 0 Å². The second-order valence-corrected chi connectivity index (χ2v) is 18.2. The molecule has 40 heavy (non-hydrogen) atoms. The van der Waals surface area contributed by atoms with Crippen LogP contribution in [0.1, 0.15) is 52.7 Å². The summed E-state index contributed by atoms with van der Waals surface area (Å²) in [6.07, 6.45) is 6.65. The van der Waals surface area contributed by atoms with Crippen molar-refractivity contribution in [1.29, 1.82) is 0 Å². The third-order valence-electron chi connectivity index (χ3n) is 7.58. The zero-order chi connectivity index (χ0) is 28.7. The molecule has 4 nitrogen and oxygen atoms in total. The molecule has 0 saturated heterocycles. The van der Waals surface area contributed by atoms with Gasteiger partial charge in [-0.15, -0.1) is 0 Å². The third kappa shape index (κ3) is 5.81. The monoisotopic (exact) mass is 572 g/mol. The summed E-state index contributed by atoms with van der Waals surface area (Å²) in [5.41, 5.74) is 5.50. The number of hydrogen-bond acceptors (Lipinski definition) is 2. The van der Waals surface area contributed by atoms with Gasteiger partial charge < -0.3 is 18.1 Å². The lowest BCUT2D eigenvalue weighted by molar-refractivity contribution is 0.415. The number of hydrogen-bond donors (Lipinski definition) is 0. The Morgan fingerprint density at radius 1 is 0.575 bits per heavy atom. The molecule has 0 spiro atoms. The Morgan fingerprint density at radius 2 is 0.975 bits per heavy atom. The van der Waals surface area contributed by atoms with Crippen LogP contribution in [0, 0.1) is 0 Å². The fourth-order valence-electron chi connectivity index (χ4n) is 5.35. The van der Waals surface area contributed by atoms with Crippen molar-refractivity contribution in [2.24, 2.45) is 0 Å². The Bertz CT molecular complexity index is 1500. The molecule has 2 aromatic heterocycles. The Balaban J connectivity index is 1.52. The lowest BCUT2D eigenvalue weighted by Gasteiger charge is -2.35. The molecule has 0 radical (unpaired) electrons. The summed E-state index contributed by atoms with van der Waals surface area (Å²) in [5.74, 6) is 1.81. The predicted molar refractivity (Wildman–Crippen MR) is 175 cm³/mol. The van der Waals surface area contributed by atoms with E-state index in [1.54, 1.807) is 14.2 Å². The lowest BCUT2D eigenvalue weighted by Crippen LogP contribution is -2.19. The van der Waals surface area contributed by atoms with Crippen LogP contribution in [0.5, 0.6) is 11.5 Å². The van der Waals surface area contributed by atoms with Gasteiger partial charge in [0.2, 0.25) is 0 Å². The largest absolute Gasteiger partial charge is 0.497 e. The van der Waals surface area contributed by atoms with E-state index in [0.717, 1.165) is 23.8 Å². The fourth-order valence-corrected chi connectivity index (χ4v) is 10.5. The highest BCUT2D eigenvalue weighted by Crippen LogP contribution is 2.58. The molecule has 5 aromatic rings. The lowest BCUT2D eigenvalue weighted by atomic mass is 10.1. The van der Waals surface area contributed by atoms with Crippen LogP contribution in [0.3, 0.4) is 0 Å². The van der Waals surface area contributed by atoms with Crippen molar-refractivity contribution in [2.45, 2.75) is 64.2 Å². The smallest absolute Gasteiger partial charge is 0.119 e. The number of fused-ring (bicyclic) bond motifs is 2. The predicted octanol–water partition coefficient (Wildman–Crippen LogP) is 10.1. The van der Waals surface area contributed by atoms with Gasteiger partial charge in [-0.05, 0) is 59.7 Å². The van der Waals surface area contributed by atoms with Crippen molar-refractivity contribution in [3.8, 4) is 11.5 Å². The normalized spacial score (nSPS) is 14.0. The van der Waals surface area contributed by atoms with Gasteiger partial charge in [0.1, 0.15) is 11.5 Å². The number of ether oxygens (including phenoxy) is 2. The van der Waals surface area contributed by atoms with E-state index in [9.17, 15) is 0 Å². The van der Waals surface area contributed by atoms with E-state index in [1.807, 2.05) is 0 Å². The van der Waals surface area contributed by atoms with E-state index in [4.69, 9.17) is 9.47 Å². The number of aromatic nitrogens is 2. The van der Waals surface area contributed by atoms with Gasteiger partial charge in [0.05, 0.1) is 25.3 Å². The summed E-state index contributed by atoms with van der Waals surface area (Å²) >= 11 is 0. The summed E-state index contributed by atoms with van der Waals surface area (Å²) < 4.78 is 16.1. The highest BCUT2D eigenvalue weighted by molar-refractivity contribution is 7.57. The van der Waals surface area contributed by atoms with Crippen molar-refractivity contribution in [2.75, 3.05) is 14.2 Å². The summed E-state index contributed by atoms with van der Waals surface area (Å²) in [6.45, 7) is 14.3. The topological polar surface area (TPSA) is 28.3 Å². The molecule has 0 bridgehead atoms. The van der Waals surface area contributed by atoms with Crippen LogP contribution in [0.2, 0.25) is 0 Å². The van der Waals surface area contributed by atoms with E-state index >= 15 is 0 Å². The number of rotatable bonds is 8. The average molecular weight is 573 g/mol. The molecule has 0 saturated carbocycles. The summed E-state index contributed by atoms with van der Waals surface area (Å²) in [5, 5.41) is 2.74. The Kier molecular flexibility index (Phi) is 8.06. The summed E-state index contributed by atoms with van der Waals surface area (Å²) in [4.78, 5) is 0. The molecule has 2 heterocycles. The van der Waals surface area contributed by atoms with E-state index < -0.39 is 16.1 Å². The molecular formula is C34H42N2O2P2. The third-order valence-corrected chi connectivity index (χ3v) is 13.7. The maximum atomic E-state index is 5.49. The van der Waals surface area contributed by atoms with Gasteiger partial charge in [-0.25, -0.2) is 0 Å². The first-order valence-corrected chi connectivity index (χ1v) is 16.9. The van der Waals surface area contributed by atoms with Gasteiger partial charge in [-0.2, -0.15) is 0 Å². The Labute approximate surface area is 241 Å². The summed E-state index contributed by atoms with van der Waals surface area (Å²) in [6, 6.07) is 26.5. The SMILES string of the molecule is COc1ccc2c(ccn2P(Cc2ccccc2CP(n2ccc3cc(OC)ccc32)C(C)(C)C)C(C)(C)C)c1. The molecule has 0 amide bonds. The second-order valence-electron chi connectivity index (χ2n) is 12.4. The highest BCUT2D eigenvalue weighted by Gasteiger charge is 2.31. The van der Waals surface area contributed by atoms with Gasteiger partial charge in [0, 0.05) is 61.9 Å². The first-order chi connectivity index (χ1) is 19.0. The number of benzene rings is 3. The van der Waals surface area contributed by atoms with Gasteiger partial charge in [0.15, 0.2) is 0 Å². The minimum Gasteiger partial charge on any atom is -0.497 e. The molecule has 0 aliphatic heterocycles. The average Bonchev–Trinajstić information content (AvgIpc) is 3.52. The van der Waals surface area contributed by atoms with Crippen LogP contribution >= 0.6 is 16.1 Å². The van der Waals surface area contributed by atoms with E-state index in [1.165, 1.54) is 32.9 Å². The Morgan fingerprint density at radius 3 is 1.32 bits per heavy atom. The molecule has 0 aliphatic carbocycles. The fraction of sp³-hybridized carbons (Fsp3) is 0.353. The van der Waals surface area contributed by atoms with E-state index in [-0.39, 0.29) is 10.3 Å². The van der Waals surface area contributed by atoms with Crippen molar-refractivity contribution < 1.29 is 9.47 Å². The van der Waals surface area contributed by atoms with Crippen LogP contribution in [0.15, 0.2) is 85.2 Å². The molecule has 2 unspecified atom stereocenters. The van der Waals surface area contributed by atoms with E-state index in [0.29, 0.717) is 0 Å². The first kappa shape index (κ1) is 28.7. The van der Waals surface area contributed by atoms with Crippen LogP contribution in [0.4, 0.5) is 0 Å². The molecule has 6 heteroatoms. The molecular weight excluding hydrogens is 530 g/mol.